The van der Waals surface area contributed by atoms with E-state index in [9.17, 15) is 9.59 Å². The van der Waals surface area contributed by atoms with Crippen LogP contribution in [0.1, 0.15) is 48.9 Å². The van der Waals surface area contributed by atoms with Crippen molar-refractivity contribution in [1.82, 2.24) is 20.1 Å². The fourth-order valence-electron chi connectivity index (χ4n) is 4.34. The summed E-state index contributed by atoms with van der Waals surface area (Å²) in [5.41, 5.74) is 0.333. The zero-order chi connectivity index (χ0) is 23.6. The highest BCUT2D eigenvalue weighted by Crippen LogP contribution is 2.32. The summed E-state index contributed by atoms with van der Waals surface area (Å²) in [7, 11) is 0. The number of aromatic nitrogens is 1. The van der Waals surface area contributed by atoms with E-state index < -0.39 is 0 Å². The first-order valence-electron chi connectivity index (χ1n) is 12.3. The molecule has 0 unspecified atom stereocenters. The number of pyridine rings is 1. The molecule has 8 nitrogen and oxygen atoms in total. The van der Waals surface area contributed by atoms with E-state index in [2.05, 4.69) is 15.2 Å². The first kappa shape index (κ1) is 24.0. The van der Waals surface area contributed by atoms with Crippen molar-refractivity contribution in [3.05, 3.63) is 48.2 Å². The first-order chi connectivity index (χ1) is 16.7. The van der Waals surface area contributed by atoms with Crippen LogP contribution in [-0.4, -0.2) is 72.5 Å². The van der Waals surface area contributed by atoms with E-state index in [1.165, 1.54) is 12.8 Å². The molecule has 0 saturated carbocycles. The van der Waals surface area contributed by atoms with Crippen molar-refractivity contribution in [3.8, 4) is 17.4 Å². The number of ether oxygens (including phenoxy) is 2. The van der Waals surface area contributed by atoms with Crippen LogP contribution in [0, 0.1) is 0 Å². The number of amides is 2. The molecule has 1 aromatic carbocycles. The molecule has 1 fully saturated rings. The molecule has 2 amide bonds. The van der Waals surface area contributed by atoms with Crippen molar-refractivity contribution < 1.29 is 19.1 Å². The van der Waals surface area contributed by atoms with Gasteiger partial charge in [0.05, 0.1) is 13.2 Å². The van der Waals surface area contributed by atoms with Gasteiger partial charge in [-0.1, -0.05) is 25.0 Å². The topological polar surface area (TPSA) is 84.0 Å². The van der Waals surface area contributed by atoms with E-state index in [0.717, 1.165) is 45.3 Å². The minimum Gasteiger partial charge on any atom is -0.490 e. The molecule has 0 radical (unpaired) electrons. The average molecular weight is 467 g/mol. The second-order valence-electron chi connectivity index (χ2n) is 8.79. The molecule has 3 heterocycles. The highest BCUT2D eigenvalue weighted by Gasteiger charge is 2.24. The lowest BCUT2D eigenvalue weighted by molar-refractivity contribution is -0.121. The van der Waals surface area contributed by atoms with Crippen LogP contribution >= 0.6 is 0 Å². The number of para-hydroxylation sites is 2. The van der Waals surface area contributed by atoms with E-state index in [0.29, 0.717) is 36.8 Å². The van der Waals surface area contributed by atoms with Crippen molar-refractivity contribution in [3.63, 3.8) is 0 Å². The molecule has 1 N–H and O–H groups in total. The Kier molecular flexibility index (Phi) is 8.73. The fraction of sp³-hybridized carbons (Fsp3) is 0.500. The largest absolute Gasteiger partial charge is 0.490 e. The van der Waals surface area contributed by atoms with Gasteiger partial charge in [0, 0.05) is 25.8 Å². The van der Waals surface area contributed by atoms with Crippen molar-refractivity contribution in [2.45, 2.75) is 38.5 Å². The quantitative estimate of drug-likeness (QED) is 0.726. The molecule has 2 aliphatic rings. The van der Waals surface area contributed by atoms with Gasteiger partial charge in [0.2, 0.25) is 11.8 Å². The third-order valence-electron chi connectivity index (χ3n) is 6.21. The lowest BCUT2D eigenvalue weighted by Crippen LogP contribution is -2.43. The zero-order valence-corrected chi connectivity index (χ0v) is 19.7. The predicted octanol–water partition coefficient (Wildman–Crippen LogP) is 3.48. The summed E-state index contributed by atoms with van der Waals surface area (Å²) in [6.07, 6.45) is 7.72. The number of nitrogens with one attached hydrogen (secondary N) is 1. The van der Waals surface area contributed by atoms with Crippen LogP contribution < -0.4 is 14.8 Å². The molecule has 8 heteroatoms. The van der Waals surface area contributed by atoms with Crippen LogP contribution in [0.4, 0.5) is 0 Å². The maximum Gasteiger partial charge on any atom is 0.259 e. The monoisotopic (exact) mass is 466 g/mol. The molecule has 0 spiro atoms. The predicted molar refractivity (Wildman–Crippen MR) is 129 cm³/mol. The normalized spacial score (nSPS) is 17.6. The highest BCUT2D eigenvalue weighted by atomic mass is 16.5. The third kappa shape index (κ3) is 6.70. The molecule has 182 valence electrons. The Morgan fingerprint density at radius 2 is 1.71 bits per heavy atom. The van der Waals surface area contributed by atoms with E-state index in [1.807, 2.05) is 18.2 Å². The number of fused-ring (bicyclic) bond motifs is 2. The Morgan fingerprint density at radius 3 is 2.56 bits per heavy atom. The molecular formula is C26H34N4O4. The van der Waals surface area contributed by atoms with Crippen molar-refractivity contribution >= 4 is 11.8 Å². The van der Waals surface area contributed by atoms with Crippen molar-refractivity contribution in [2.75, 3.05) is 45.9 Å². The van der Waals surface area contributed by atoms with Gasteiger partial charge in [-0.3, -0.25) is 9.59 Å². The number of carbonyl (C=O) groups excluding carboxylic acids is 2. The Hall–Kier alpha value is -3.13. The average Bonchev–Trinajstić information content (AvgIpc) is 3.37. The number of benzene rings is 1. The minimum atomic E-state index is -0.256. The highest BCUT2D eigenvalue weighted by molar-refractivity contribution is 5.98. The third-order valence-corrected chi connectivity index (χ3v) is 6.21. The molecule has 1 saturated heterocycles. The summed E-state index contributed by atoms with van der Waals surface area (Å²) in [5, 5.41) is 2.98. The number of carbonyl (C=O) groups is 2. The Labute approximate surface area is 201 Å². The van der Waals surface area contributed by atoms with Crippen molar-refractivity contribution in [1.29, 1.82) is 0 Å². The lowest BCUT2D eigenvalue weighted by Gasteiger charge is -2.24. The molecule has 0 bridgehead atoms. The first-order valence-corrected chi connectivity index (χ1v) is 12.3. The van der Waals surface area contributed by atoms with Gasteiger partial charge in [0.15, 0.2) is 11.5 Å². The molecule has 4 rings (SSSR count). The molecule has 0 aliphatic carbocycles. The molecule has 2 aromatic rings. The van der Waals surface area contributed by atoms with Crippen LogP contribution in [0.15, 0.2) is 42.6 Å². The van der Waals surface area contributed by atoms with Gasteiger partial charge in [-0.2, -0.15) is 0 Å². The number of hydrogen-bond donors (Lipinski definition) is 1. The van der Waals surface area contributed by atoms with Crippen LogP contribution in [-0.2, 0) is 4.79 Å². The summed E-state index contributed by atoms with van der Waals surface area (Å²) in [4.78, 5) is 34.5. The number of likely N-dealkylation sites (tertiary alicyclic amines) is 1. The molecule has 2 aliphatic heterocycles. The molecule has 34 heavy (non-hydrogen) atoms. The van der Waals surface area contributed by atoms with Gasteiger partial charge in [0.1, 0.15) is 5.56 Å². The number of hydrogen-bond acceptors (Lipinski definition) is 6. The summed E-state index contributed by atoms with van der Waals surface area (Å²) in [6.45, 7) is 4.76. The Balaban J connectivity index is 1.48. The summed E-state index contributed by atoms with van der Waals surface area (Å²) < 4.78 is 12.0. The van der Waals surface area contributed by atoms with E-state index >= 15 is 0 Å². The van der Waals surface area contributed by atoms with Gasteiger partial charge in [-0.05, 0) is 63.0 Å². The summed E-state index contributed by atoms with van der Waals surface area (Å²) in [5.74, 6) is 0.948. The Morgan fingerprint density at radius 1 is 0.941 bits per heavy atom. The van der Waals surface area contributed by atoms with Gasteiger partial charge < -0.3 is 24.6 Å². The SMILES string of the molecule is O=C(CN1CCCCCCOc2ccccc2Oc2ncccc2C1=O)NCCN1CCCC1. The van der Waals surface area contributed by atoms with Gasteiger partial charge in [-0.15, -0.1) is 0 Å². The van der Waals surface area contributed by atoms with E-state index in [-0.39, 0.29) is 24.2 Å². The van der Waals surface area contributed by atoms with Crippen LogP contribution in [0.25, 0.3) is 0 Å². The minimum absolute atomic E-state index is 0.0207. The standard InChI is InChI=1S/C26H34N4O4/c31-24(27-14-18-29-15-6-7-16-29)20-30-17-5-1-2-8-19-33-22-11-3-4-12-23(22)34-25-21(26(30)32)10-9-13-28-25/h3-4,9-13H,1-2,5-8,14-20H2,(H,27,31). The van der Waals surface area contributed by atoms with Crippen LogP contribution in [0.2, 0.25) is 0 Å². The maximum absolute atomic E-state index is 13.5. The smallest absolute Gasteiger partial charge is 0.259 e. The number of rotatable bonds is 5. The van der Waals surface area contributed by atoms with Crippen molar-refractivity contribution in [2.24, 2.45) is 0 Å². The summed E-state index contributed by atoms with van der Waals surface area (Å²) >= 11 is 0. The molecule has 1 aromatic heterocycles. The summed E-state index contributed by atoms with van der Waals surface area (Å²) in [6, 6.07) is 10.8. The van der Waals surface area contributed by atoms with Crippen LogP contribution in [0.3, 0.4) is 0 Å². The lowest BCUT2D eigenvalue weighted by atomic mass is 10.1. The van der Waals surface area contributed by atoms with E-state index in [1.54, 1.807) is 29.3 Å². The number of nitrogens with zero attached hydrogens (tertiary/aromatic N) is 3. The van der Waals surface area contributed by atoms with E-state index in [4.69, 9.17) is 9.47 Å². The second-order valence-corrected chi connectivity index (χ2v) is 8.79. The fourth-order valence-corrected chi connectivity index (χ4v) is 4.34. The Bertz CT molecular complexity index is 961. The zero-order valence-electron chi connectivity index (χ0n) is 19.7. The molecular weight excluding hydrogens is 432 g/mol. The second kappa shape index (κ2) is 12.4. The maximum atomic E-state index is 13.5. The van der Waals surface area contributed by atoms with Crippen LogP contribution in [0.5, 0.6) is 17.4 Å². The van der Waals surface area contributed by atoms with Gasteiger partial charge in [-0.25, -0.2) is 4.98 Å². The molecule has 0 atom stereocenters. The van der Waals surface area contributed by atoms with Gasteiger partial charge in [0.25, 0.3) is 5.91 Å². The van der Waals surface area contributed by atoms with Gasteiger partial charge >= 0.3 is 0 Å².